The normalized spacial score (nSPS) is 49.9. The zero-order valence-electron chi connectivity index (χ0n) is 14.8. The van der Waals surface area contributed by atoms with Crippen LogP contribution in [0.4, 0.5) is 4.39 Å². The summed E-state index contributed by atoms with van der Waals surface area (Å²) in [4.78, 5) is 23.9. The van der Waals surface area contributed by atoms with Gasteiger partial charge in [-0.1, -0.05) is 11.6 Å². The second-order valence-corrected chi connectivity index (χ2v) is 8.59. The lowest BCUT2D eigenvalue weighted by molar-refractivity contribution is -0.189. The van der Waals surface area contributed by atoms with Crippen molar-refractivity contribution in [1.82, 2.24) is 0 Å². The number of rotatable bonds is 2. The van der Waals surface area contributed by atoms with E-state index in [4.69, 9.17) is 0 Å². The van der Waals surface area contributed by atoms with Gasteiger partial charge in [-0.25, -0.2) is 4.39 Å². The van der Waals surface area contributed by atoms with Gasteiger partial charge in [-0.3, -0.25) is 9.59 Å². The molecule has 0 saturated heterocycles. The Kier molecular flexibility index (Phi) is 3.86. The molecule has 142 valence electrons. The molecule has 4 rings (SSSR count). The van der Waals surface area contributed by atoms with Gasteiger partial charge in [-0.15, -0.1) is 0 Å². The maximum absolute atomic E-state index is 16.6. The molecule has 0 heterocycles. The van der Waals surface area contributed by atoms with Crippen molar-refractivity contribution in [3.8, 4) is 0 Å². The number of halogens is 1. The second-order valence-electron chi connectivity index (χ2n) is 8.59. The fourth-order valence-electron chi connectivity index (χ4n) is 6.33. The van der Waals surface area contributed by atoms with Crippen molar-refractivity contribution >= 4 is 11.6 Å². The van der Waals surface area contributed by atoms with Gasteiger partial charge in [0.2, 0.25) is 0 Å². The van der Waals surface area contributed by atoms with Crippen LogP contribution in [-0.2, 0) is 9.59 Å². The van der Waals surface area contributed by atoms with Gasteiger partial charge < -0.3 is 15.3 Å². The topological polar surface area (TPSA) is 94.8 Å². The van der Waals surface area contributed by atoms with E-state index in [9.17, 15) is 24.9 Å². The summed E-state index contributed by atoms with van der Waals surface area (Å²) >= 11 is 0. The molecule has 3 fully saturated rings. The Hall–Kier alpha value is -1.37. The monoisotopic (exact) mass is 364 g/mol. The lowest BCUT2D eigenvalue weighted by Crippen LogP contribution is -2.66. The van der Waals surface area contributed by atoms with Crippen LogP contribution in [0.5, 0.6) is 0 Å². The van der Waals surface area contributed by atoms with Crippen LogP contribution in [0.25, 0.3) is 0 Å². The first-order chi connectivity index (χ1) is 12.2. The largest absolute Gasteiger partial charge is 0.390 e. The zero-order valence-corrected chi connectivity index (χ0v) is 14.8. The number of aliphatic hydroxyl groups excluding tert-OH is 2. The Bertz CT molecular complexity index is 730. The van der Waals surface area contributed by atoms with Crippen molar-refractivity contribution < 1.29 is 29.3 Å². The maximum Gasteiger partial charge on any atom is 0.189 e. The second kappa shape index (κ2) is 5.57. The van der Waals surface area contributed by atoms with Crippen molar-refractivity contribution in [2.24, 2.45) is 23.2 Å². The standard InChI is InChI=1S/C20H25FO5/c1-18-6-4-12(23)8-11(18)2-3-14-13-5-7-19(26,17(25)10-22)15(13)9-16(24)20(14,18)21/h4,6,8,13-16,22,24,26H,2-3,5,7,9-10H2,1H3. The fourth-order valence-corrected chi connectivity index (χ4v) is 6.33. The molecule has 0 aromatic carbocycles. The Balaban J connectivity index is 1.76. The smallest absolute Gasteiger partial charge is 0.189 e. The number of Topliss-reactive ketones (excluding diaryl/α,β-unsaturated/α-hetero) is 1. The van der Waals surface area contributed by atoms with Crippen molar-refractivity contribution in [2.75, 3.05) is 6.61 Å². The van der Waals surface area contributed by atoms with E-state index in [2.05, 4.69) is 0 Å². The molecule has 4 aliphatic rings. The number of hydrogen-bond acceptors (Lipinski definition) is 5. The van der Waals surface area contributed by atoms with Crippen LogP contribution >= 0.6 is 0 Å². The van der Waals surface area contributed by atoms with Gasteiger partial charge in [0.05, 0.1) is 6.10 Å². The number of carbonyl (C=O) groups excluding carboxylic acids is 2. The number of hydrogen-bond donors (Lipinski definition) is 3. The third kappa shape index (κ3) is 2.01. The fraction of sp³-hybridized carbons (Fsp3) is 0.700. The highest BCUT2D eigenvalue weighted by Gasteiger charge is 2.70. The third-order valence-electron chi connectivity index (χ3n) is 7.72. The molecule has 0 radical (unpaired) electrons. The van der Waals surface area contributed by atoms with Crippen LogP contribution in [0, 0.1) is 23.2 Å². The molecular formula is C20H25FO5. The quantitative estimate of drug-likeness (QED) is 0.686. The summed E-state index contributed by atoms with van der Waals surface area (Å²) in [6.45, 7) is 0.980. The molecule has 3 saturated carbocycles. The SMILES string of the molecule is CC12C=CC(=O)C=C1CCC1C3CCC(O)(C(=O)CO)C3CC(O)C12F. The Labute approximate surface area is 151 Å². The first-order valence-electron chi connectivity index (χ1n) is 9.36. The number of fused-ring (bicyclic) bond motifs is 5. The predicted molar refractivity (Wildman–Crippen MR) is 90.8 cm³/mol. The summed E-state index contributed by atoms with van der Waals surface area (Å²) < 4.78 is 16.6. The molecule has 3 N–H and O–H groups in total. The molecule has 0 bridgehead atoms. The van der Waals surface area contributed by atoms with Crippen molar-refractivity contribution in [2.45, 2.75) is 56.4 Å². The minimum Gasteiger partial charge on any atom is -0.390 e. The van der Waals surface area contributed by atoms with Gasteiger partial charge in [0.25, 0.3) is 0 Å². The highest BCUT2D eigenvalue weighted by atomic mass is 19.1. The number of allylic oxidation sites excluding steroid dienone is 4. The van der Waals surface area contributed by atoms with E-state index in [0.29, 0.717) is 24.8 Å². The molecular weight excluding hydrogens is 339 g/mol. The van der Waals surface area contributed by atoms with E-state index < -0.39 is 47.0 Å². The maximum atomic E-state index is 16.6. The minimum atomic E-state index is -1.94. The highest BCUT2D eigenvalue weighted by molar-refractivity contribution is 6.01. The molecule has 26 heavy (non-hydrogen) atoms. The molecule has 0 aromatic rings. The summed E-state index contributed by atoms with van der Waals surface area (Å²) in [6.07, 6.45) is 4.78. The number of aliphatic hydroxyl groups is 3. The van der Waals surface area contributed by atoms with E-state index >= 15 is 4.39 Å². The molecule has 6 heteroatoms. The van der Waals surface area contributed by atoms with Crippen LogP contribution in [0.2, 0.25) is 0 Å². The molecule has 4 aliphatic carbocycles. The van der Waals surface area contributed by atoms with E-state index in [0.717, 1.165) is 0 Å². The van der Waals surface area contributed by atoms with E-state index in [1.54, 1.807) is 13.0 Å². The molecule has 0 aliphatic heterocycles. The van der Waals surface area contributed by atoms with Crippen LogP contribution in [0.3, 0.4) is 0 Å². The van der Waals surface area contributed by atoms with E-state index in [-0.39, 0.29) is 24.5 Å². The van der Waals surface area contributed by atoms with Crippen LogP contribution in [0.1, 0.15) is 39.0 Å². The zero-order chi connectivity index (χ0) is 18.9. The average molecular weight is 364 g/mol. The lowest BCUT2D eigenvalue weighted by atomic mass is 9.48. The van der Waals surface area contributed by atoms with Gasteiger partial charge in [-0.05, 0) is 57.1 Å². The Morgan fingerprint density at radius 3 is 2.77 bits per heavy atom. The van der Waals surface area contributed by atoms with Gasteiger partial charge in [-0.2, -0.15) is 0 Å². The van der Waals surface area contributed by atoms with E-state index in [1.807, 2.05) is 0 Å². The van der Waals surface area contributed by atoms with Crippen LogP contribution in [-0.4, -0.2) is 50.9 Å². The van der Waals surface area contributed by atoms with Gasteiger partial charge >= 0.3 is 0 Å². The summed E-state index contributed by atoms with van der Waals surface area (Å²) in [6, 6.07) is 0. The van der Waals surface area contributed by atoms with Crippen molar-refractivity contribution in [3.05, 3.63) is 23.8 Å². The number of alkyl halides is 1. The van der Waals surface area contributed by atoms with Gasteiger partial charge in [0.15, 0.2) is 17.2 Å². The molecule has 0 aromatic heterocycles. The Morgan fingerprint density at radius 2 is 2.08 bits per heavy atom. The predicted octanol–water partition coefficient (Wildman–Crippen LogP) is 1.26. The van der Waals surface area contributed by atoms with Crippen LogP contribution in [0.15, 0.2) is 23.8 Å². The first kappa shape index (κ1) is 18.0. The third-order valence-corrected chi connectivity index (χ3v) is 7.72. The number of carbonyl (C=O) groups is 2. The van der Waals surface area contributed by atoms with E-state index in [1.165, 1.54) is 12.2 Å². The van der Waals surface area contributed by atoms with Crippen molar-refractivity contribution in [1.29, 1.82) is 0 Å². The molecule has 0 amide bonds. The Morgan fingerprint density at radius 1 is 1.35 bits per heavy atom. The van der Waals surface area contributed by atoms with Crippen molar-refractivity contribution in [3.63, 3.8) is 0 Å². The molecule has 5 nitrogen and oxygen atoms in total. The lowest BCUT2D eigenvalue weighted by Gasteiger charge is -2.59. The summed E-state index contributed by atoms with van der Waals surface area (Å²) in [5.74, 6) is -2.08. The summed E-state index contributed by atoms with van der Waals surface area (Å²) in [5, 5.41) is 31.0. The van der Waals surface area contributed by atoms with Crippen LogP contribution < -0.4 is 0 Å². The van der Waals surface area contributed by atoms with Gasteiger partial charge in [0.1, 0.15) is 12.2 Å². The minimum absolute atomic E-state index is 0.0233. The summed E-state index contributed by atoms with van der Waals surface area (Å²) in [5.41, 5.74) is -3.98. The average Bonchev–Trinajstić information content (AvgIpc) is 2.94. The number of ketones is 2. The molecule has 0 spiro atoms. The first-order valence-corrected chi connectivity index (χ1v) is 9.36. The molecule has 7 atom stereocenters. The molecule has 7 unspecified atom stereocenters. The van der Waals surface area contributed by atoms with Gasteiger partial charge in [0, 0.05) is 17.3 Å². The summed E-state index contributed by atoms with van der Waals surface area (Å²) in [7, 11) is 0. The highest BCUT2D eigenvalue weighted by Crippen LogP contribution is 2.65.